The lowest BCUT2D eigenvalue weighted by Gasteiger charge is -2.32. The van der Waals surface area contributed by atoms with Gasteiger partial charge in [-0.1, -0.05) is 26.2 Å². The van der Waals surface area contributed by atoms with Gasteiger partial charge in [-0.15, -0.1) is 0 Å². The van der Waals surface area contributed by atoms with Crippen molar-refractivity contribution in [1.82, 2.24) is 0 Å². The smallest absolute Gasteiger partial charge is 0.0626 e. The van der Waals surface area contributed by atoms with Crippen molar-refractivity contribution < 1.29 is 9.84 Å². The molecule has 3 atom stereocenters. The molecule has 0 aromatic rings. The molecule has 2 heteroatoms. The Kier molecular flexibility index (Phi) is 4.04. The lowest BCUT2D eigenvalue weighted by atomic mass is 9.78. The van der Waals surface area contributed by atoms with E-state index in [1.165, 1.54) is 32.1 Å². The first-order chi connectivity index (χ1) is 7.33. The molecule has 2 nitrogen and oxygen atoms in total. The van der Waals surface area contributed by atoms with Crippen LogP contribution < -0.4 is 0 Å². The van der Waals surface area contributed by atoms with Crippen molar-refractivity contribution in [1.29, 1.82) is 0 Å². The van der Waals surface area contributed by atoms with E-state index >= 15 is 0 Å². The average molecular weight is 212 g/mol. The maximum atomic E-state index is 10.4. The number of hydrogen-bond acceptors (Lipinski definition) is 2. The van der Waals surface area contributed by atoms with Gasteiger partial charge in [0.2, 0.25) is 0 Å². The molecule has 2 aliphatic rings. The SMILES string of the molecule is CCC1OCCC1C(O)C1CCCCC1. The predicted octanol–water partition coefficient (Wildman–Crippen LogP) is 2.74. The van der Waals surface area contributed by atoms with Gasteiger partial charge in [-0.05, 0) is 31.6 Å². The molecule has 1 N–H and O–H groups in total. The van der Waals surface area contributed by atoms with Crippen LogP contribution in [0.4, 0.5) is 0 Å². The van der Waals surface area contributed by atoms with E-state index in [2.05, 4.69) is 6.92 Å². The van der Waals surface area contributed by atoms with E-state index in [0.29, 0.717) is 17.9 Å². The standard InChI is InChI=1S/C13H24O2/c1-2-12-11(8-9-15-12)13(14)10-6-4-3-5-7-10/h10-14H,2-9H2,1H3. The van der Waals surface area contributed by atoms with Crippen LogP contribution in [-0.2, 0) is 4.74 Å². The Morgan fingerprint density at radius 1 is 1.20 bits per heavy atom. The Balaban J connectivity index is 1.90. The lowest BCUT2D eigenvalue weighted by molar-refractivity contribution is -0.00739. The fourth-order valence-electron chi connectivity index (χ4n) is 3.30. The molecule has 2 rings (SSSR count). The van der Waals surface area contributed by atoms with Gasteiger partial charge in [0.25, 0.3) is 0 Å². The maximum Gasteiger partial charge on any atom is 0.0626 e. The zero-order valence-electron chi connectivity index (χ0n) is 9.82. The number of rotatable bonds is 3. The van der Waals surface area contributed by atoms with Crippen molar-refractivity contribution in [3.8, 4) is 0 Å². The number of aliphatic hydroxyl groups excluding tert-OH is 1. The quantitative estimate of drug-likeness (QED) is 0.779. The number of ether oxygens (including phenoxy) is 1. The van der Waals surface area contributed by atoms with Gasteiger partial charge in [0, 0.05) is 12.5 Å². The van der Waals surface area contributed by atoms with Crippen LogP contribution in [0.15, 0.2) is 0 Å². The van der Waals surface area contributed by atoms with Gasteiger partial charge >= 0.3 is 0 Å². The lowest BCUT2D eigenvalue weighted by Crippen LogP contribution is -2.35. The molecule has 0 radical (unpaired) electrons. The van der Waals surface area contributed by atoms with E-state index in [4.69, 9.17) is 4.74 Å². The van der Waals surface area contributed by atoms with E-state index in [-0.39, 0.29) is 6.10 Å². The van der Waals surface area contributed by atoms with Crippen LogP contribution in [0, 0.1) is 11.8 Å². The third-order valence-corrected chi connectivity index (χ3v) is 4.23. The zero-order chi connectivity index (χ0) is 10.7. The minimum Gasteiger partial charge on any atom is -0.392 e. The third kappa shape index (κ3) is 2.54. The Hall–Kier alpha value is -0.0800. The summed E-state index contributed by atoms with van der Waals surface area (Å²) in [4.78, 5) is 0. The van der Waals surface area contributed by atoms with Crippen molar-refractivity contribution >= 4 is 0 Å². The van der Waals surface area contributed by atoms with Crippen LogP contribution in [0.1, 0.15) is 51.9 Å². The van der Waals surface area contributed by atoms with Crippen LogP contribution in [0.2, 0.25) is 0 Å². The first-order valence-corrected chi connectivity index (χ1v) is 6.62. The molecule has 1 heterocycles. The minimum atomic E-state index is -0.0993. The highest BCUT2D eigenvalue weighted by atomic mass is 16.5. The monoisotopic (exact) mass is 212 g/mol. The highest BCUT2D eigenvalue weighted by molar-refractivity contribution is 4.86. The molecule has 1 aliphatic heterocycles. The normalized spacial score (nSPS) is 35.6. The second-order valence-electron chi connectivity index (χ2n) is 5.16. The molecule has 0 aromatic heterocycles. The summed E-state index contributed by atoms with van der Waals surface area (Å²) < 4.78 is 5.67. The van der Waals surface area contributed by atoms with Crippen LogP contribution in [0.25, 0.3) is 0 Å². The highest BCUT2D eigenvalue weighted by Gasteiger charge is 2.36. The number of hydrogen-bond donors (Lipinski definition) is 1. The fraction of sp³-hybridized carbons (Fsp3) is 1.00. The Labute approximate surface area is 93.0 Å². The molecule has 88 valence electrons. The minimum absolute atomic E-state index is 0.0993. The molecule has 2 fully saturated rings. The van der Waals surface area contributed by atoms with Crippen LogP contribution >= 0.6 is 0 Å². The first-order valence-electron chi connectivity index (χ1n) is 6.62. The third-order valence-electron chi connectivity index (χ3n) is 4.23. The van der Waals surface area contributed by atoms with Crippen LogP contribution in [0.3, 0.4) is 0 Å². The van der Waals surface area contributed by atoms with Crippen molar-refractivity contribution in [2.45, 2.75) is 64.1 Å². The molecule has 1 saturated carbocycles. The Bertz CT molecular complexity index is 187. The summed E-state index contributed by atoms with van der Waals surface area (Å²) in [5.41, 5.74) is 0. The number of aliphatic hydroxyl groups is 1. The van der Waals surface area contributed by atoms with Gasteiger partial charge in [-0.2, -0.15) is 0 Å². The Morgan fingerprint density at radius 3 is 2.60 bits per heavy atom. The van der Waals surface area contributed by atoms with Crippen molar-refractivity contribution in [3.63, 3.8) is 0 Å². The van der Waals surface area contributed by atoms with E-state index in [1.807, 2.05) is 0 Å². The van der Waals surface area contributed by atoms with Gasteiger partial charge in [0.05, 0.1) is 12.2 Å². The molecule has 0 bridgehead atoms. The fourth-order valence-corrected chi connectivity index (χ4v) is 3.30. The Morgan fingerprint density at radius 2 is 1.93 bits per heavy atom. The van der Waals surface area contributed by atoms with Crippen LogP contribution in [0.5, 0.6) is 0 Å². The van der Waals surface area contributed by atoms with Gasteiger partial charge < -0.3 is 9.84 Å². The topological polar surface area (TPSA) is 29.5 Å². The van der Waals surface area contributed by atoms with Gasteiger partial charge in [0.15, 0.2) is 0 Å². The predicted molar refractivity (Wildman–Crippen MR) is 60.7 cm³/mol. The van der Waals surface area contributed by atoms with Crippen LogP contribution in [-0.4, -0.2) is 23.9 Å². The average Bonchev–Trinajstić information content (AvgIpc) is 2.77. The molecular formula is C13H24O2. The molecule has 1 aliphatic carbocycles. The first kappa shape index (κ1) is 11.4. The van der Waals surface area contributed by atoms with Crippen molar-refractivity contribution in [2.75, 3.05) is 6.61 Å². The molecule has 0 spiro atoms. The molecular weight excluding hydrogens is 188 g/mol. The second-order valence-corrected chi connectivity index (χ2v) is 5.16. The molecule has 3 unspecified atom stereocenters. The van der Waals surface area contributed by atoms with Crippen molar-refractivity contribution in [3.05, 3.63) is 0 Å². The summed E-state index contributed by atoms with van der Waals surface area (Å²) in [6.07, 6.45) is 8.78. The van der Waals surface area contributed by atoms with Gasteiger partial charge in [-0.3, -0.25) is 0 Å². The summed E-state index contributed by atoms with van der Waals surface area (Å²) in [5, 5.41) is 10.4. The molecule has 1 saturated heterocycles. The summed E-state index contributed by atoms with van der Waals surface area (Å²) in [7, 11) is 0. The summed E-state index contributed by atoms with van der Waals surface area (Å²) in [5.74, 6) is 0.970. The van der Waals surface area contributed by atoms with Gasteiger partial charge in [0.1, 0.15) is 0 Å². The van der Waals surface area contributed by atoms with Crippen molar-refractivity contribution in [2.24, 2.45) is 11.8 Å². The summed E-state index contributed by atoms with van der Waals surface area (Å²) in [6, 6.07) is 0. The van der Waals surface area contributed by atoms with Gasteiger partial charge in [-0.25, -0.2) is 0 Å². The van der Waals surface area contributed by atoms with E-state index in [9.17, 15) is 5.11 Å². The second kappa shape index (κ2) is 5.31. The summed E-state index contributed by atoms with van der Waals surface area (Å²) >= 11 is 0. The molecule has 0 aromatic carbocycles. The van der Waals surface area contributed by atoms with E-state index < -0.39 is 0 Å². The molecule has 0 amide bonds. The largest absolute Gasteiger partial charge is 0.392 e. The summed E-state index contributed by atoms with van der Waals surface area (Å²) in [6.45, 7) is 3.02. The van der Waals surface area contributed by atoms with E-state index in [1.54, 1.807) is 0 Å². The molecule has 15 heavy (non-hydrogen) atoms. The zero-order valence-corrected chi connectivity index (χ0v) is 9.82. The van der Waals surface area contributed by atoms with E-state index in [0.717, 1.165) is 19.4 Å². The maximum absolute atomic E-state index is 10.4. The highest BCUT2D eigenvalue weighted by Crippen LogP contribution is 2.35.